The summed E-state index contributed by atoms with van der Waals surface area (Å²) in [4.78, 5) is 43.7. The quantitative estimate of drug-likeness (QED) is 0.389. The van der Waals surface area contributed by atoms with Gasteiger partial charge in [0, 0.05) is 58.5 Å². The number of nitrogens with one attached hydrogen (secondary N) is 1. The van der Waals surface area contributed by atoms with Gasteiger partial charge in [-0.2, -0.15) is 0 Å². The van der Waals surface area contributed by atoms with Gasteiger partial charge in [-0.3, -0.25) is 20.0 Å². The third-order valence-electron chi connectivity index (χ3n) is 6.27. The Morgan fingerprint density at radius 3 is 2.41 bits per heavy atom. The van der Waals surface area contributed by atoms with Crippen molar-refractivity contribution in [1.82, 2.24) is 20.3 Å². The van der Waals surface area contributed by atoms with Crippen LogP contribution in [0.15, 0.2) is 42.6 Å². The molecule has 2 N–H and O–H groups in total. The topological polar surface area (TPSA) is 112 Å². The number of hydrogen-bond donors (Lipinski definition) is 2. The van der Waals surface area contributed by atoms with E-state index in [1.54, 1.807) is 43.4 Å². The van der Waals surface area contributed by atoms with E-state index in [0.717, 1.165) is 11.1 Å². The number of rotatable bonds is 6. The van der Waals surface area contributed by atoms with Gasteiger partial charge in [-0.25, -0.2) is 14.2 Å². The second kappa shape index (κ2) is 10.9. The Hall–Kier alpha value is -4.05. The highest BCUT2D eigenvalue weighted by Crippen LogP contribution is 2.33. The Kier molecular flexibility index (Phi) is 7.68. The molecule has 4 rings (SSSR count). The number of likely N-dealkylation sites (tertiary alicyclic amines) is 1. The summed E-state index contributed by atoms with van der Waals surface area (Å²) < 4.78 is 18.9. The summed E-state index contributed by atoms with van der Waals surface area (Å²) in [7, 11) is 3.31. The predicted molar refractivity (Wildman–Crippen MR) is 134 cm³/mol. The number of phenolic OH excluding ortho intramolecular Hbond substituents is 1. The van der Waals surface area contributed by atoms with E-state index in [-0.39, 0.29) is 34.1 Å². The van der Waals surface area contributed by atoms with E-state index in [9.17, 15) is 23.9 Å². The summed E-state index contributed by atoms with van der Waals surface area (Å²) in [5.74, 6) is -2.00. The zero-order valence-corrected chi connectivity index (χ0v) is 21.0. The molecule has 0 radical (unpaired) electrons. The molecule has 9 nitrogen and oxygen atoms in total. The summed E-state index contributed by atoms with van der Waals surface area (Å²) in [6, 6.07) is 9.10. The molecule has 1 aromatic heterocycles. The van der Waals surface area contributed by atoms with Crippen LogP contribution in [-0.2, 0) is 16.0 Å². The number of hydrogen-bond acceptors (Lipinski definition) is 7. The molecule has 1 aliphatic heterocycles. The highest BCUT2D eigenvalue weighted by molar-refractivity contribution is 6.11. The first-order valence-corrected chi connectivity index (χ1v) is 12.0. The number of piperidine rings is 1. The largest absolute Gasteiger partial charge is 0.505 e. The van der Waals surface area contributed by atoms with Gasteiger partial charge in [0.2, 0.25) is 5.91 Å². The Labute approximate surface area is 213 Å². The number of pyridine rings is 1. The molecule has 1 aliphatic rings. The summed E-state index contributed by atoms with van der Waals surface area (Å²) in [5, 5.41) is 12.8. The van der Waals surface area contributed by atoms with Gasteiger partial charge in [0.15, 0.2) is 5.75 Å². The maximum atomic E-state index is 13.3. The number of esters is 1. The van der Waals surface area contributed by atoms with Crippen LogP contribution in [0.25, 0.3) is 10.9 Å². The molecule has 37 heavy (non-hydrogen) atoms. The van der Waals surface area contributed by atoms with E-state index in [0.29, 0.717) is 37.7 Å². The van der Waals surface area contributed by atoms with Gasteiger partial charge in [0.1, 0.15) is 23.0 Å². The summed E-state index contributed by atoms with van der Waals surface area (Å²) in [6.45, 7) is 2.45. The van der Waals surface area contributed by atoms with E-state index in [2.05, 4.69) is 10.4 Å². The fourth-order valence-corrected chi connectivity index (χ4v) is 4.36. The molecule has 1 saturated heterocycles. The number of nitrogens with zero attached hydrogens (tertiary/aromatic N) is 3. The lowest BCUT2D eigenvalue weighted by molar-refractivity contribution is -0.130. The zero-order valence-electron chi connectivity index (χ0n) is 21.0. The van der Waals surface area contributed by atoms with E-state index in [4.69, 9.17) is 4.74 Å². The van der Waals surface area contributed by atoms with Gasteiger partial charge in [0.25, 0.3) is 5.91 Å². The molecule has 194 valence electrons. The van der Waals surface area contributed by atoms with Crippen LogP contribution in [0.4, 0.5) is 4.39 Å². The third-order valence-corrected chi connectivity index (χ3v) is 6.27. The van der Waals surface area contributed by atoms with Crippen LogP contribution in [0.5, 0.6) is 5.75 Å². The fraction of sp³-hybridized carbons (Fsp3) is 0.333. The number of phenols is 1. The number of amides is 2. The van der Waals surface area contributed by atoms with Crippen LogP contribution in [0, 0.1) is 5.82 Å². The molecular weight excluding hydrogens is 479 g/mol. The number of aromatic hydroxyl groups is 1. The predicted octanol–water partition coefficient (Wildman–Crippen LogP) is 3.04. The molecule has 1 fully saturated rings. The number of fused-ring (bicyclic) bond motifs is 1. The van der Waals surface area contributed by atoms with E-state index in [1.807, 2.05) is 0 Å². The van der Waals surface area contributed by atoms with E-state index < -0.39 is 18.0 Å². The summed E-state index contributed by atoms with van der Waals surface area (Å²) >= 11 is 0. The highest BCUT2D eigenvalue weighted by Gasteiger charge is 2.27. The van der Waals surface area contributed by atoms with E-state index in [1.165, 1.54) is 30.1 Å². The van der Waals surface area contributed by atoms with Gasteiger partial charge in [0.05, 0.1) is 5.56 Å². The van der Waals surface area contributed by atoms with Crippen molar-refractivity contribution in [2.45, 2.75) is 32.3 Å². The summed E-state index contributed by atoms with van der Waals surface area (Å²) in [6.07, 6.45) is 2.54. The SMILES string of the molecule is CC(=O)N1CCC(OC(=O)c2cc(C(=O)NN(C)C)c3cc(Cc4ccc(F)cc4)cnc3c2O)CC1. The monoisotopic (exact) mass is 508 g/mol. The van der Waals surface area contributed by atoms with E-state index >= 15 is 0 Å². The molecule has 2 aromatic carbocycles. The lowest BCUT2D eigenvalue weighted by Crippen LogP contribution is -2.40. The summed E-state index contributed by atoms with van der Waals surface area (Å²) in [5.41, 5.74) is 4.33. The fourth-order valence-electron chi connectivity index (χ4n) is 4.36. The van der Waals surface area contributed by atoms with Crippen molar-refractivity contribution in [3.63, 3.8) is 0 Å². The molecule has 0 saturated carbocycles. The second-order valence-corrected chi connectivity index (χ2v) is 9.31. The molecule has 0 spiro atoms. The normalized spacial score (nSPS) is 14.1. The molecule has 0 unspecified atom stereocenters. The van der Waals surface area contributed by atoms with Crippen molar-refractivity contribution < 1.29 is 28.6 Å². The van der Waals surface area contributed by atoms with Crippen LogP contribution < -0.4 is 5.43 Å². The number of carbonyl (C=O) groups excluding carboxylic acids is 3. The van der Waals surface area contributed by atoms with Crippen molar-refractivity contribution in [1.29, 1.82) is 0 Å². The van der Waals surface area contributed by atoms with Crippen molar-refractivity contribution >= 4 is 28.7 Å². The second-order valence-electron chi connectivity index (χ2n) is 9.31. The van der Waals surface area contributed by atoms with Crippen LogP contribution >= 0.6 is 0 Å². The van der Waals surface area contributed by atoms with Gasteiger partial charge >= 0.3 is 5.97 Å². The van der Waals surface area contributed by atoms with Crippen molar-refractivity contribution in [3.05, 3.63) is 70.7 Å². The Morgan fingerprint density at radius 1 is 1.11 bits per heavy atom. The number of halogens is 1. The van der Waals surface area contributed by atoms with Crippen molar-refractivity contribution in [3.8, 4) is 5.75 Å². The lowest BCUT2D eigenvalue weighted by atomic mass is 9.98. The molecular formula is C27H29FN4O5. The molecule has 0 bridgehead atoms. The number of ether oxygens (including phenoxy) is 1. The number of aromatic nitrogens is 1. The molecule has 0 aliphatic carbocycles. The minimum Gasteiger partial charge on any atom is -0.505 e. The van der Waals surface area contributed by atoms with Crippen LogP contribution in [0.2, 0.25) is 0 Å². The first-order valence-electron chi connectivity index (χ1n) is 12.0. The standard InChI is InChI=1S/C27H29FN4O5/c1-16(33)32-10-8-20(9-11-32)37-27(36)23-14-22(26(35)30-31(2)3)21-13-18(15-29-24(21)25(23)34)12-17-4-6-19(28)7-5-17/h4-7,13-15,20,34H,8-12H2,1-3H3,(H,30,35). The molecule has 10 heteroatoms. The zero-order chi connectivity index (χ0) is 26.7. The van der Waals surface area contributed by atoms with Crippen LogP contribution in [-0.4, -0.2) is 71.1 Å². The maximum Gasteiger partial charge on any atom is 0.342 e. The Balaban J connectivity index is 1.67. The smallest absolute Gasteiger partial charge is 0.342 e. The van der Waals surface area contributed by atoms with Crippen molar-refractivity contribution in [2.24, 2.45) is 0 Å². The first kappa shape index (κ1) is 26.0. The average Bonchev–Trinajstić information content (AvgIpc) is 2.85. The number of benzene rings is 2. The minimum atomic E-state index is -0.767. The third kappa shape index (κ3) is 6.03. The van der Waals surface area contributed by atoms with Gasteiger partial charge < -0.3 is 14.7 Å². The van der Waals surface area contributed by atoms with Crippen molar-refractivity contribution in [2.75, 3.05) is 27.2 Å². The minimum absolute atomic E-state index is 0.0293. The average molecular weight is 509 g/mol. The van der Waals surface area contributed by atoms with Crippen LogP contribution in [0.1, 0.15) is 51.6 Å². The Morgan fingerprint density at radius 2 is 1.78 bits per heavy atom. The maximum absolute atomic E-state index is 13.3. The van der Waals surface area contributed by atoms with Gasteiger partial charge in [-0.15, -0.1) is 0 Å². The van der Waals surface area contributed by atoms with Gasteiger partial charge in [-0.1, -0.05) is 12.1 Å². The van der Waals surface area contributed by atoms with Crippen LogP contribution in [0.3, 0.4) is 0 Å². The number of carbonyl (C=O) groups is 3. The molecule has 3 aromatic rings. The first-order chi connectivity index (χ1) is 17.6. The molecule has 0 atom stereocenters. The van der Waals surface area contributed by atoms with Gasteiger partial charge in [-0.05, 0) is 41.8 Å². The number of hydrazine groups is 1. The molecule has 2 amide bonds. The lowest BCUT2D eigenvalue weighted by Gasteiger charge is -2.31. The highest BCUT2D eigenvalue weighted by atomic mass is 19.1. The molecule has 2 heterocycles. The Bertz CT molecular complexity index is 1330.